The molecule has 1 aliphatic heterocycles. The topological polar surface area (TPSA) is 71.0 Å². The number of allylic oxidation sites excluding steroid dienone is 1. The van der Waals surface area contributed by atoms with E-state index in [9.17, 15) is 9.90 Å². The summed E-state index contributed by atoms with van der Waals surface area (Å²) < 4.78 is 9.05. The quantitative estimate of drug-likeness (QED) is 0.672. The van der Waals surface area contributed by atoms with E-state index in [2.05, 4.69) is 33.1 Å². The number of likely N-dealkylation sites (N-methyl/N-ethyl adjacent to an activating group) is 1. The second-order valence-electron chi connectivity index (χ2n) is 5.80. The molecular weight excluding hydrogens is 364 g/mol. The van der Waals surface area contributed by atoms with Gasteiger partial charge in [0.05, 0.1) is 14.2 Å². The fourth-order valence-corrected chi connectivity index (χ4v) is 3.80. The maximum atomic E-state index is 12.7. The van der Waals surface area contributed by atoms with Gasteiger partial charge in [-0.25, -0.2) is 0 Å². The van der Waals surface area contributed by atoms with Crippen molar-refractivity contribution in [3.05, 3.63) is 23.7 Å². The Balaban J connectivity index is 2.09. The van der Waals surface area contributed by atoms with Gasteiger partial charge in [-0.15, -0.1) is 0 Å². The van der Waals surface area contributed by atoms with Crippen LogP contribution in [0.5, 0.6) is 0 Å². The highest BCUT2D eigenvalue weighted by atomic mass is 79.9. The van der Waals surface area contributed by atoms with Crippen LogP contribution in [0, 0.1) is 5.92 Å². The van der Waals surface area contributed by atoms with Gasteiger partial charge in [0.1, 0.15) is 5.92 Å². The van der Waals surface area contributed by atoms with E-state index in [1.807, 2.05) is 0 Å². The molecule has 1 heterocycles. The van der Waals surface area contributed by atoms with Crippen LogP contribution < -0.4 is 5.32 Å². The standard InChI is InChI=1S/C16H25BrN2O4/c1-4-19-9-5-6-11(19)10-18-15(20)13-14(23-3)12(22-2)7-8-16(13,17)21/h7-8,11,13,21H,4-6,9-10H2,1-3H3,(H,18,20)/t11?,13-,16?/m0/s1. The lowest BCUT2D eigenvalue weighted by molar-refractivity contribution is -0.128. The summed E-state index contributed by atoms with van der Waals surface area (Å²) in [6, 6.07) is 0.350. The minimum atomic E-state index is -1.50. The van der Waals surface area contributed by atoms with Gasteiger partial charge in [-0.3, -0.25) is 9.69 Å². The number of ether oxygens (including phenoxy) is 2. The number of aliphatic hydroxyl groups is 1. The van der Waals surface area contributed by atoms with Crippen molar-refractivity contribution in [2.45, 2.75) is 30.3 Å². The van der Waals surface area contributed by atoms with Crippen molar-refractivity contribution in [2.75, 3.05) is 33.9 Å². The molecule has 2 N–H and O–H groups in total. The second kappa shape index (κ2) is 7.68. The molecule has 0 aromatic carbocycles. The Morgan fingerprint density at radius 2 is 2.26 bits per heavy atom. The Kier molecular flexibility index (Phi) is 6.11. The summed E-state index contributed by atoms with van der Waals surface area (Å²) in [4.78, 5) is 15.0. The molecule has 6 nitrogen and oxygen atoms in total. The number of hydrogen-bond donors (Lipinski definition) is 2. The van der Waals surface area contributed by atoms with Crippen LogP contribution in [-0.4, -0.2) is 60.3 Å². The van der Waals surface area contributed by atoms with Gasteiger partial charge in [-0.05, 0) is 54.0 Å². The van der Waals surface area contributed by atoms with Crippen molar-refractivity contribution < 1.29 is 19.4 Å². The molecule has 1 saturated heterocycles. The van der Waals surface area contributed by atoms with E-state index in [1.54, 1.807) is 6.08 Å². The molecule has 0 spiro atoms. The van der Waals surface area contributed by atoms with Crippen molar-refractivity contribution in [3.63, 3.8) is 0 Å². The summed E-state index contributed by atoms with van der Waals surface area (Å²) in [6.07, 6.45) is 5.31. The largest absolute Gasteiger partial charge is 0.496 e. The Bertz CT molecular complexity index is 504. The fraction of sp³-hybridized carbons (Fsp3) is 0.688. The molecule has 23 heavy (non-hydrogen) atoms. The van der Waals surface area contributed by atoms with E-state index in [-0.39, 0.29) is 5.91 Å². The van der Waals surface area contributed by atoms with E-state index in [0.29, 0.717) is 24.1 Å². The number of likely N-dealkylation sites (tertiary alicyclic amines) is 1. The van der Waals surface area contributed by atoms with Crippen LogP contribution >= 0.6 is 15.9 Å². The number of carbonyl (C=O) groups is 1. The van der Waals surface area contributed by atoms with Gasteiger partial charge in [0.25, 0.3) is 0 Å². The molecule has 1 fully saturated rings. The number of carbonyl (C=O) groups excluding carboxylic acids is 1. The third-order valence-corrected chi connectivity index (χ3v) is 5.22. The Labute approximate surface area is 145 Å². The molecule has 3 atom stereocenters. The summed E-state index contributed by atoms with van der Waals surface area (Å²) in [7, 11) is 2.97. The molecule has 7 heteroatoms. The van der Waals surface area contributed by atoms with Crippen LogP contribution in [-0.2, 0) is 14.3 Å². The predicted molar refractivity (Wildman–Crippen MR) is 90.8 cm³/mol. The third-order valence-electron chi connectivity index (χ3n) is 4.50. The highest BCUT2D eigenvalue weighted by molar-refractivity contribution is 9.10. The van der Waals surface area contributed by atoms with E-state index in [0.717, 1.165) is 25.9 Å². The lowest BCUT2D eigenvalue weighted by atomic mass is 9.93. The fourth-order valence-electron chi connectivity index (χ4n) is 3.25. The first-order chi connectivity index (χ1) is 10.9. The van der Waals surface area contributed by atoms with Crippen molar-refractivity contribution in [2.24, 2.45) is 5.92 Å². The van der Waals surface area contributed by atoms with Crippen LogP contribution in [0.15, 0.2) is 23.7 Å². The third kappa shape index (κ3) is 3.89. The Hall–Kier alpha value is -1.05. The lowest BCUT2D eigenvalue weighted by Crippen LogP contribution is -2.48. The first kappa shape index (κ1) is 18.3. The average molecular weight is 389 g/mol. The number of nitrogens with zero attached hydrogens (tertiary/aromatic N) is 1. The summed E-state index contributed by atoms with van der Waals surface area (Å²) >= 11 is 3.20. The Morgan fingerprint density at radius 1 is 1.52 bits per heavy atom. The van der Waals surface area contributed by atoms with E-state index in [4.69, 9.17) is 9.47 Å². The maximum Gasteiger partial charge on any atom is 0.235 e. The highest BCUT2D eigenvalue weighted by Crippen LogP contribution is 2.38. The summed E-state index contributed by atoms with van der Waals surface area (Å²) in [5, 5.41) is 13.4. The predicted octanol–water partition coefficient (Wildman–Crippen LogP) is 1.36. The maximum absolute atomic E-state index is 12.7. The van der Waals surface area contributed by atoms with Crippen LogP contribution in [0.3, 0.4) is 0 Å². The van der Waals surface area contributed by atoms with E-state index < -0.39 is 10.4 Å². The SMILES string of the molecule is CCN1CCCC1CNC(=O)[C@@H]1C(OC)=C(OC)C=CC1(O)Br. The Morgan fingerprint density at radius 3 is 2.87 bits per heavy atom. The molecule has 0 bridgehead atoms. The van der Waals surface area contributed by atoms with Gasteiger partial charge in [-0.1, -0.05) is 6.92 Å². The van der Waals surface area contributed by atoms with Crippen LogP contribution in [0.4, 0.5) is 0 Å². The van der Waals surface area contributed by atoms with E-state index in [1.165, 1.54) is 20.3 Å². The molecule has 0 radical (unpaired) electrons. The summed E-state index contributed by atoms with van der Waals surface area (Å²) in [5.41, 5.74) is 0. The van der Waals surface area contributed by atoms with Gasteiger partial charge in [0, 0.05) is 12.6 Å². The zero-order valence-electron chi connectivity index (χ0n) is 13.8. The molecule has 0 aromatic rings. The zero-order chi connectivity index (χ0) is 17.0. The molecule has 2 aliphatic rings. The smallest absolute Gasteiger partial charge is 0.235 e. The minimum absolute atomic E-state index is 0.289. The average Bonchev–Trinajstić information content (AvgIpc) is 2.98. The number of nitrogens with one attached hydrogen (secondary N) is 1. The van der Waals surface area contributed by atoms with Crippen LogP contribution in [0.25, 0.3) is 0 Å². The molecule has 2 rings (SSSR count). The summed E-state index contributed by atoms with van der Waals surface area (Å²) in [6.45, 7) is 4.74. The number of methoxy groups -OCH3 is 2. The normalized spacial score (nSPS) is 31.3. The van der Waals surface area contributed by atoms with Crippen LogP contribution in [0.2, 0.25) is 0 Å². The van der Waals surface area contributed by atoms with Crippen molar-refractivity contribution in [1.29, 1.82) is 0 Å². The highest BCUT2D eigenvalue weighted by Gasteiger charge is 2.45. The number of hydrogen-bond acceptors (Lipinski definition) is 5. The molecule has 0 saturated carbocycles. The number of halogens is 1. The molecule has 130 valence electrons. The van der Waals surface area contributed by atoms with Crippen molar-refractivity contribution in [3.8, 4) is 0 Å². The van der Waals surface area contributed by atoms with Gasteiger partial charge in [-0.2, -0.15) is 0 Å². The first-order valence-electron chi connectivity index (χ1n) is 7.89. The monoisotopic (exact) mass is 388 g/mol. The molecule has 1 amide bonds. The first-order valence-corrected chi connectivity index (χ1v) is 8.68. The second-order valence-corrected chi connectivity index (χ2v) is 7.07. The number of alkyl halides is 1. The molecule has 0 aromatic heterocycles. The van der Waals surface area contributed by atoms with E-state index >= 15 is 0 Å². The van der Waals surface area contributed by atoms with Gasteiger partial charge in [0.15, 0.2) is 16.0 Å². The molecule has 2 unspecified atom stereocenters. The molecule has 1 aliphatic carbocycles. The lowest BCUT2D eigenvalue weighted by Gasteiger charge is -2.33. The summed E-state index contributed by atoms with van der Waals surface area (Å²) in [5.74, 6) is -0.439. The number of amides is 1. The van der Waals surface area contributed by atoms with Gasteiger partial charge < -0.3 is 19.9 Å². The molecular formula is C16H25BrN2O4. The minimum Gasteiger partial charge on any atom is -0.496 e. The zero-order valence-corrected chi connectivity index (χ0v) is 15.4. The number of rotatable bonds is 6. The van der Waals surface area contributed by atoms with Gasteiger partial charge in [0.2, 0.25) is 5.91 Å². The van der Waals surface area contributed by atoms with Gasteiger partial charge >= 0.3 is 0 Å². The van der Waals surface area contributed by atoms with Crippen molar-refractivity contribution in [1.82, 2.24) is 10.2 Å². The van der Waals surface area contributed by atoms with Crippen LogP contribution in [0.1, 0.15) is 19.8 Å². The van der Waals surface area contributed by atoms with Crippen molar-refractivity contribution >= 4 is 21.8 Å².